The van der Waals surface area contributed by atoms with E-state index in [1.807, 2.05) is 74.5 Å². The van der Waals surface area contributed by atoms with E-state index in [1.165, 1.54) is 11.0 Å². The molecule has 4 atom stereocenters. The predicted octanol–water partition coefficient (Wildman–Crippen LogP) is 1.82. The lowest BCUT2D eigenvalue weighted by atomic mass is 10.0. The van der Waals surface area contributed by atoms with Crippen molar-refractivity contribution in [3.05, 3.63) is 83.6 Å². The Kier molecular flexibility index (Phi) is 9.55. The molecule has 4 unspecified atom stereocenters. The minimum absolute atomic E-state index is 0.0704. The van der Waals surface area contributed by atoms with Crippen molar-refractivity contribution >= 4 is 23.7 Å². The first-order valence-corrected chi connectivity index (χ1v) is 13.4. The average Bonchev–Trinajstić information content (AvgIpc) is 3.23. The van der Waals surface area contributed by atoms with E-state index in [4.69, 9.17) is 9.47 Å². The molecule has 40 heavy (non-hydrogen) atoms. The number of ether oxygens (including phenoxy) is 2. The summed E-state index contributed by atoms with van der Waals surface area (Å²) in [4.78, 5) is 53.6. The largest absolute Gasteiger partial charge is 0.472 e. The molecule has 2 aliphatic rings. The predicted molar refractivity (Wildman–Crippen MR) is 145 cm³/mol. The van der Waals surface area contributed by atoms with E-state index in [-0.39, 0.29) is 43.6 Å². The number of benzene rings is 2. The fraction of sp³-hybridized carbons (Fsp3) is 0.400. The fourth-order valence-electron chi connectivity index (χ4n) is 4.77. The molecular formula is C30H35N3O7. The number of aliphatic hydroxyl groups excluding tert-OH is 1. The van der Waals surface area contributed by atoms with Gasteiger partial charge in [-0.15, -0.1) is 0 Å². The first-order valence-electron chi connectivity index (χ1n) is 13.4. The highest BCUT2D eigenvalue weighted by molar-refractivity contribution is 5.97. The van der Waals surface area contributed by atoms with E-state index in [9.17, 15) is 24.3 Å². The van der Waals surface area contributed by atoms with Gasteiger partial charge in [-0.2, -0.15) is 0 Å². The number of hydrogen-bond acceptors (Lipinski definition) is 7. The van der Waals surface area contributed by atoms with Gasteiger partial charge in [0.25, 0.3) is 5.91 Å². The molecule has 0 aliphatic carbocycles. The molecule has 3 amide bonds. The Morgan fingerprint density at radius 1 is 1.02 bits per heavy atom. The lowest BCUT2D eigenvalue weighted by molar-refractivity contribution is -0.159. The summed E-state index contributed by atoms with van der Waals surface area (Å²) in [5.74, 6) is -1.75. The summed E-state index contributed by atoms with van der Waals surface area (Å²) in [6.45, 7) is 3.57. The number of fused-ring (bicyclic) bond motifs is 1. The second-order valence-electron chi connectivity index (χ2n) is 10.3. The molecule has 4 rings (SSSR count). The Morgan fingerprint density at radius 2 is 1.68 bits per heavy atom. The molecule has 2 aromatic rings. The standard InChI is InChI=1S/C30H35N3O7/c1-19(2)15-23(30(38)39-18-21-11-7-4-8-12-21)32-28(36)22(16-20-9-5-3-6-10-20)31-29(37)27-24(13-14-34)40-26-17-25(35)33(26)27/h3-13,19,22-23,26-27,34H,14-18H2,1-2H3,(H,31,37)(H,32,36)/b24-13-. The SMILES string of the molecule is CC(C)CC(NC(=O)C(Cc1ccccc1)NC(=O)C1/C(=C/CO)OC2CC(=O)N21)C(=O)OCc1ccccc1. The van der Waals surface area contributed by atoms with Crippen LogP contribution >= 0.6 is 0 Å². The van der Waals surface area contributed by atoms with Gasteiger partial charge in [0.1, 0.15) is 24.4 Å². The molecule has 3 N–H and O–H groups in total. The molecule has 0 aromatic heterocycles. The minimum atomic E-state index is -1.09. The van der Waals surface area contributed by atoms with Crippen LogP contribution in [0.15, 0.2) is 72.5 Å². The van der Waals surface area contributed by atoms with Crippen LogP contribution in [0.3, 0.4) is 0 Å². The minimum Gasteiger partial charge on any atom is -0.472 e. The van der Waals surface area contributed by atoms with Crippen LogP contribution in [-0.2, 0) is 41.7 Å². The average molecular weight is 550 g/mol. The summed E-state index contributed by atoms with van der Waals surface area (Å²) in [5, 5.41) is 14.9. The van der Waals surface area contributed by atoms with Gasteiger partial charge in [-0.05, 0) is 29.5 Å². The molecule has 10 heteroatoms. The van der Waals surface area contributed by atoms with Crippen LogP contribution in [0.1, 0.15) is 37.8 Å². The second kappa shape index (κ2) is 13.3. The Labute approximate surface area is 233 Å². The first kappa shape index (κ1) is 28.8. The number of esters is 1. The van der Waals surface area contributed by atoms with Crippen LogP contribution in [-0.4, -0.2) is 64.7 Å². The van der Waals surface area contributed by atoms with Gasteiger partial charge >= 0.3 is 5.97 Å². The molecule has 212 valence electrons. The third kappa shape index (κ3) is 7.06. The number of nitrogens with zero attached hydrogens (tertiary/aromatic N) is 1. The summed E-state index contributed by atoms with van der Waals surface area (Å²) in [7, 11) is 0. The zero-order chi connectivity index (χ0) is 28.6. The highest BCUT2D eigenvalue weighted by Gasteiger charge is 2.53. The number of rotatable bonds is 12. The number of nitrogens with one attached hydrogen (secondary N) is 2. The molecule has 2 aliphatic heterocycles. The van der Waals surface area contributed by atoms with Crippen LogP contribution in [0.5, 0.6) is 0 Å². The van der Waals surface area contributed by atoms with Gasteiger partial charge in [-0.25, -0.2) is 4.79 Å². The maximum absolute atomic E-state index is 13.6. The summed E-state index contributed by atoms with van der Waals surface area (Å²) in [5.41, 5.74) is 1.62. The third-order valence-electron chi connectivity index (χ3n) is 6.76. The lowest BCUT2D eigenvalue weighted by Crippen LogP contribution is -2.60. The topological polar surface area (TPSA) is 134 Å². The molecule has 2 saturated heterocycles. The van der Waals surface area contributed by atoms with E-state index in [0.29, 0.717) is 6.42 Å². The van der Waals surface area contributed by atoms with Gasteiger partial charge in [0.15, 0.2) is 12.3 Å². The normalized spacial score (nSPS) is 20.2. The fourth-order valence-corrected chi connectivity index (χ4v) is 4.77. The zero-order valence-corrected chi connectivity index (χ0v) is 22.6. The number of hydrogen-bond donors (Lipinski definition) is 3. The van der Waals surface area contributed by atoms with Crippen LogP contribution in [0.25, 0.3) is 0 Å². The van der Waals surface area contributed by atoms with Gasteiger partial charge in [0.2, 0.25) is 11.8 Å². The molecule has 2 heterocycles. The number of carbonyl (C=O) groups excluding carboxylic acids is 4. The van der Waals surface area contributed by atoms with E-state index in [1.54, 1.807) is 0 Å². The summed E-state index contributed by atoms with van der Waals surface area (Å²) in [6.07, 6.45) is 1.40. The van der Waals surface area contributed by atoms with Crippen molar-refractivity contribution in [2.24, 2.45) is 5.92 Å². The number of β-lactam (4-membered cyclic amide) rings is 1. The monoisotopic (exact) mass is 549 g/mol. The highest BCUT2D eigenvalue weighted by Crippen LogP contribution is 2.36. The zero-order valence-electron chi connectivity index (χ0n) is 22.6. The number of aliphatic hydroxyl groups is 1. The van der Waals surface area contributed by atoms with Crippen molar-refractivity contribution in [1.82, 2.24) is 15.5 Å². The lowest BCUT2D eigenvalue weighted by Gasteiger charge is -2.34. The first-order chi connectivity index (χ1) is 19.3. The highest BCUT2D eigenvalue weighted by atomic mass is 16.5. The second-order valence-corrected chi connectivity index (χ2v) is 10.3. The number of amides is 3. The third-order valence-corrected chi connectivity index (χ3v) is 6.76. The van der Waals surface area contributed by atoms with Gasteiger partial charge in [-0.1, -0.05) is 74.5 Å². The molecule has 0 bridgehead atoms. The van der Waals surface area contributed by atoms with E-state index in [0.717, 1.165) is 11.1 Å². The molecule has 0 saturated carbocycles. The Morgan fingerprint density at radius 3 is 2.27 bits per heavy atom. The Bertz CT molecular complexity index is 1230. The van der Waals surface area contributed by atoms with E-state index in [2.05, 4.69) is 10.6 Å². The van der Waals surface area contributed by atoms with Crippen LogP contribution < -0.4 is 10.6 Å². The molecule has 0 radical (unpaired) electrons. The van der Waals surface area contributed by atoms with Gasteiger partial charge in [-0.3, -0.25) is 19.3 Å². The van der Waals surface area contributed by atoms with Crippen molar-refractivity contribution in [3.8, 4) is 0 Å². The van der Waals surface area contributed by atoms with Gasteiger partial charge in [0.05, 0.1) is 13.0 Å². The van der Waals surface area contributed by atoms with Gasteiger partial charge < -0.3 is 25.2 Å². The van der Waals surface area contributed by atoms with Crippen molar-refractivity contribution in [2.75, 3.05) is 6.61 Å². The molecule has 0 spiro atoms. The molecular weight excluding hydrogens is 514 g/mol. The number of carbonyl (C=O) groups is 4. The maximum Gasteiger partial charge on any atom is 0.328 e. The van der Waals surface area contributed by atoms with Crippen molar-refractivity contribution in [3.63, 3.8) is 0 Å². The Hall–Kier alpha value is -4.18. The van der Waals surface area contributed by atoms with Crippen molar-refractivity contribution in [1.29, 1.82) is 0 Å². The van der Waals surface area contributed by atoms with Crippen LogP contribution in [0.4, 0.5) is 0 Å². The quantitative estimate of drug-likeness (QED) is 0.272. The van der Waals surface area contributed by atoms with Crippen molar-refractivity contribution < 1.29 is 33.8 Å². The van der Waals surface area contributed by atoms with Crippen LogP contribution in [0, 0.1) is 5.92 Å². The van der Waals surface area contributed by atoms with Gasteiger partial charge in [0, 0.05) is 6.42 Å². The van der Waals surface area contributed by atoms with Crippen molar-refractivity contribution in [2.45, 2.75) is 64.1 Å². The maximum atomic E-state index is 13.6. The summed E-state index contributed by atoms with van der Waals surface area (Å²) >= 11 is 0. The summed E-state index contributed by atoms with van der Waals surface area (Å²) < 4.78 is 11.2. The van der Waals surface area contributed by atoms with Crippen LogP contribution in [0.2, 0.25) is 0 Å². The van der Waals surface area contributed by atoms with E-state index >= 15 is 0 Å². The molecule has 2 aromatic carbocycles. The molecule has 2 fully saturated rings. The smallest absolute Gasteiger partial charge is 0.328 e. The Balaban J connectivity index is 1.50. The molecule has 10 nitrogen and oxygen atoms in total. The summed E-state index contributed by atoms with van der Waals surface area (Å²) in [6, 6.07) is 15.3. The van der Waals surface area contributed by atoms with E-state index < -0.39 is 42.1 Å².